The highest BCUT2D eigenvalue weighted by Gasteiger charge is 2.17. The van der Waals surface area contributed by atoms with Gasteiger partial charge in [0.1, 0.15) is 19.8 Å². The molecule has 2 rings (SSSR count). The molecule has 0 saturated carbocycles. The summed E-state index contributed by atoms with van der Waals surface area (Å²) >= 11 is 0. The highest BCUT2D eigenvalue weighted by Crippen LogP contribution is 2.36. The minimum Gasteiger partial charge on any atom is -0.486 e. The van der Waals surface area contributed by atoms with Gasteiger partial charge >= 0.3 is 5.97 Å². The Hall–Kier alpha value is -1.91. The van der Waals surface area contributed by atoms with Gasteiger partial charge in [-0.2, -0.15) is 0 Å². The van der Waals surface area contributed by atoms with Crippen molar-refractivity contribution >= 4 is 11.7 Å². The summed E-state index contributed by atoms with van der Waals surface area (Å²) in [5.74, 6) is 1.25. The summed E-state index contributed by atoms with van der Waals surface area (Å²) in [4.78, 5) is 13.4. The Morgan fingerprint density at radius 3 is 2.58 bits per heavy atom. The summed E-state index contributed by atoms with van der Waals surface area (Å²) in [6.07, 6.45) is 0. The number of carbonyl (C=O) groups excluding carboxylic acids is 1. The van der Waals surface area contributed by atoms with E-state index in [1.165, 1.54) is 0 Å². The fraction of sp³-hybridized carbons (Fsp3) is 0.500. The van der Waals surface area contributed by atoms with Gasteiger partial charge in [-0.25, -0.2) is 0 Å². The first-order valence-corrected chi connectivity index (χ1v) is 6.38. The zero-order valence-corrected chi connectivity index (χ0v) is 11.6. The van der Waals surface area contributed by atoms with Crippen LogP contribution in [0.5, 0.6) is 11.5 Å². The van der Waals surface area contributed by atoms with Crippen molar-refractivity contribution in [3.8, 4) is 11.5 Å². The lowest BCUT2D eigenvalue weighted by Gasteiger charge is -2.24. The van der Waals surface area contributed by atoms with Crippen LogP contribution in [0.25, 0.3) is 0 Å². The summed E-state index contributed by atoms with van der Waals surface area (Å²) in [6, 6.07) is 3.84. The Kier molecular flexibility index (Phi) is 4.14. The van der Waals surface area contributed by atoms with Crippen molar-refractivity contribution in [2.24, 2.45) is 0 Å². The number of fused-ring (bicyclic) bond motifs is 1. The maximum absolute atomic E-state index is 11.5. The van der Waals surface area contributed by atoms with Gasteiger partial charge in [0.25, 0.3) is 0 Å². The molecule has 0 N–H and O–H groups in total. The minimum atomic E-state index is -0.237. The monoisotopic (exact) mass is 265 g/mol. The van der Waals surface area contributed by atoms with Crippen molar-refractivity contribution in [1.29, 1.82) is 0 Å². The van der Waals surface area contributed by atoms with Crippen molar-refractivity contribution in [1.82, 2.24) is 0 Å². The Labute approximate surface area is 113 Å². The molecule has 1 aliphatic rings. The maximum Gasteiger partial charge on any atom is 0.325 e. The van der Waals surface area contributed by atoms with Gasteiger partial charge in [0.2, 0.25) is 0 Å². The van der Waals surface area contributed by atoms with Gasteiger partial charge < -0.3 is 19.1 Å². The minimum absolute atomic E-state index is 0.217. The van der Waals surface area contributed by atoms with Gasteiger partial charge in [-0.1, -0.05) is 0 Å². The van der Waals surface area contributed by atoms with Crippen molar-refractivity contribution in [2.45, 2.75) is 13.8 Å². The van der Waals surface area contributed by atoms with Crippen LogP contribution in [-0.4, -0.2) is 39.4 Å². The van der Waals surface area contributed by atoms with Crippen LogP contribution in [0, 0.1) is 6.92 Å². The average Bonchev–Trinajstić information content (AvgIpc) is 2.38. The summed E-state index contributed by atoms with van der Waals surface area (Å²) in [5, 5.41) is 0. The maximum atomic E-state index is 11.5. The van der Waals surface area contributed by atoms with Crippen molar-refractivity contribution in [3.05, 3.63) is 17.7 Å². The number of hydrogen-bond donors (Lipinski definition) is 0. The number of ether oxygens (including phenoxy) is 3. The van der Waals surface area contributed by atoms with E-state index in [1.807, 2.05) is 31.0 Å². The first kappa shape index (κ1) is 13.5. The molecule has 0 radical (unpaired) electrons. The van der Waals surface area contributed by atoms with Gasteiger partial charge in [0.15, 0.2) is 11.5 Å². The normalized spacial score (nSPS) is 13.0. The number of aryl methyl sites for hydroxylation is 1. The molecule has 0 amide bonds. The topological polar surface area (TPSA) is 48.0 Å². The van der Waals surface area contributed by atoms with E-state index < -0.39 is 0 Å². The molecule has 19 heavy (non-hydrogen) atoms. The second-order valence-electron chi connectivity index (χ2n) is 4.44. The smallest absolute Gasteiger partial charge is 0.325 e. The third-order valence-electron chi connectivity index (χ3n) is 2.94. The van der Waals surface area contributed by atoms with Gasteiger partial charge in [-0.3, -0.25) is 4.79 Å². The molecule has 1 aromatic carbocycles. The predicted molar refractivity (Wildman–Crippen MR) is 72.1 cm³/mol. The molecule has 1 aliphatic heterocycles. The molecule has 0 aliphatic carbocycles. The molecule has 0 fully saturated rings. The van der Waals surface area contributed by atoms with Crippen LogP contribution >= 0.6 is 0 Å². The van der Waals surface area contributed by atoms with E-state index in [0.717, 1.165) is 22.7 Å². The molecule has 104 valence electrons. The molecule has 5 heteroatoms. The molecule has 1 aromatic rings. The van der Waals surface area contributed by atoms with Crippen LogP contribution < -0.4 is 14.4 Å². The third kappa shape index (κ3) is 3.10. The number of hydrogen-bond acceptors (Lipinski definition) is 5. The molecular formula is C14H19NO4. The first-order chi connectivity index (χ1) is 9.11. The number of likely N-dealkylation sites (N-methyl/N-ethyl adjacent to an activating group) is 1. The number of anilines is 1. The van der Waals surface area contributed by atoms with E-state index in [-0.39, 0.29) is 12.5 Å². The molecule has 0 saturated heterocycles. The highest BCUT2D eigenvalue weighted by atomic mass is 16.6. The van der Waals surface area contributed by atoms with Gasteiger partial charge in [0.05, 0.1) is 6.61 Å². The van der Waals surface area contributed by atoms with Gasteiger partial charge in [-0.15, -0.1) is 0 Å². The standard InChI is InChI=1S/C14H19NO4/c1-4-17-14(16)9-15(3)11-8-13-12(7-10(11)2)18-5-6-19-13/h7-8H,4-6,9H2,1-3H3. The first-order valence-electron chi connectivity index (χ1n) is 6.38. The van der Waals surface area contributed by atoms with E-state index in [2.05, 4.69) is 0 Å². The lowest BCUT2D eigenvalue weighted by molar-refractivity contribution is -0.141. The van der Waals surface area contributed by atoms with Crippen molar-refractivity contribution in [3.63, 3.8) is 0 Å². The quantitative estimate of drug-likeness (QED) is 0.776. The fourth-order valence-corrected chi connectivity index (χ4v) is 2.08. The lowest BCUT2D eigenvalue weighted by Crippen LogP contribution is -2.28. The molecule has 1 heterocycles. The van der Waals surface area contributed by atoms with E-state index in [9.17, 15) is 4.79 Å². The second kappa shape index (κ2) is 5.82. The van der Waals surface area contributed by atoms with Crippen LogP contribution in [0.4, 0.5) is 5.69 Å². The van der Waals surface area contributed by atoms with E-state index in [1.54, 1.807) is 6.92 Å². The SMILES string of the molecule is CCOC(=O)CN(C)c1cc2c(cc1C)OCCO2. The zero-order chi connectivity index (χ0) is 13.8. The second-order valence-corrected chi connectivity index (χ2v) is 4.44. The van der Waals surface area contributed by atoms with Gasteiger partial charge in [-0.05, 0) is 25.5 Å². The van der Waals surface area contributed by atoms with Gasteiger partial charge in [0, 0.05) is 18.8 Å². The Morgan fingerprint density at radius 1 is 1.32 bits per heavy atom. The number of benzene rings is 1. The molecule has 0 unspecified atom stereocenters. The average molecular weight is 265 g/mol. The molecule has 0 atom stereocenters. The highest BCUT2D eigenvalue weighted by molar-refractivity contribution is 5.76. The molecule has 5 nitrogen and oxygen atoms in total. The Balaban J connectivity index is 2.17. The zero-order valence-electron chi connectivity index (χ0n) is 11.6. The van der Waals surface area contributed by atoms with E-state index in [0.29, 0.717) is 19.8 Å². The van der Waals surface area contributed by atoms with E-state index in [4.69, 9.17) is 14.2 Å². The van der Waals surface area contributed by atoms with E-state index >= 15 is 0 Å². The van der Waals surface area contributed by atoms with Crippen LogP contribution in [0.3, 0.4) is 0 Å². The Morgan fingerprint density at radius 2 is 1.95 bits per heavy atom. The molecule has 0 bridgehead atoms. The summed E-state index contributed by atoms with van der Waals surface area (Å²) in [5.41, 5.74) is 1.98. The summed E-state index contributed by atoms with van der Waals surface area (Å²) < 4.78 is 16.0. The Bertz CT molecular complexity index is 473. The van der Waals surface area contributed by atoms with Crippen LogP contribution in [0.2, 0.25) is 0 Å². The number of esters is 1. The number of rotatable bonds is 4. The predicted octanol–water partition coefficient (Wildman–Crippen LogP) is 1.77. The number of carbonyl (C=O) groups is 1. The number of nitrogens with zero attached hydrogens (tertiary/aromatic N) is 1. The van der Waals surface area contributed by atoms with Crippen LogP contribution in [0.1, 0.15) is 12.5 Å². The lowest BCUT2D eigenvalue weighted by atomic mass is 10.1. The van der Waals surface area contributed by atoms with Crippen LogP contribution in [0.15, 0.2) is 12.1 Å². The fourth-order valence-electron chi connectivity index (χ4n) is 2.08. The molecular weight excluding hydrogens is 246 g/mol. The van der Waals surface area contributed by atoms with Crippen LogP contribution in [-0.2, 0) is 9.53 Å². The van der Waals surface area contributed by atoms with Crippen molar-refractivity contribution in [2.75, 3.05) is 38.3 Å². The molecule has 0 spiro atoms. The largest absolute Gasteiger partial charge is 0.486 e. The summed E-state index contributed by atoms with van der Waals surface area (Å²) in [7, 11) is 1.86. The molecule has 0 aromatic heterocycles. The van der Waals surface area contributed by atoms with Crippen molar-refractivity contribution < 1.29 is 19.0 Å². The third-order valence-corrected chi connectivity index (χ3v) is 2.94. The summed E-state index contributed by atoms with van der Waals surface area (Å²) in [6.45, 7) is 5.52.